The van der Waals surface area contributed by atoms with Crippen LogP contribution in [-0.4, -0.2) is 75.0 Å². The molecule has 8 nitrogen and oxygen atoms in total. The van der Waals surface area contributed by atoms with Crippen molar-refractivity contribution in [3.8, 4) is 0 Å². The highest BCUT2D eigenvalue weighted by atomic mass is 19.1. The van der Waals surface area contributed by atoms with E-state index in [1.54, 1.807) is 19.2 Å². The van der Waals surface area contributed by atoms with Gasteiger partial charge in [-0.2, -0.15) is 0 Å². The first-order chi connectivity index (χ1) is 13.3. The van der Waals surface area contributed by atoms with Gasteiger partial charge in [0.15, 0.2) is 12.2 Å². The second-order valence-corrected chi connectivity index (χ2v) is 7.15. The number of rotatable bonds is 4. The molecular weight excluding hydrogens is 365 g/mol. The van der Waals surface area contributed by atoms with E-state index in [0.717, 1.165) is 11.4 Å². The van der Waals surface area contributed by atoms with Crippen molar-refractivity contribution in [1.82, 2.24) is 19.6 Å². The fourth-order valence-electron chi connectivity index (χ4n) is 3.97. The van der Waals surface area contributed by atoms with Crippen LogP contribution in [0.25, 0.3) is 0 Å². The summed E-state index contributed by atoms with van der Waals surface area (Å²) in [6.07, 6.45) is -0.622. The maximum absolute atomic E-state index is 13.3. The zero-order valence-corrected chi connectivity index (χ0v) is 16.0. The zero-order chi connectivity index (χ0) is 20.2. The third-order valence-corrected chi connectivity index (χ3v) is 5.58. The Morgan fingerprint density at radius 2 is 1.79 bits per heavy atom. The normalized spacial score (nSPS) is 24.2. The Bertz CT molecular complexity index is 897. The molecule has 0 bridgehead atoms. The van der Waals surface area contributed by atoms with Crippen LogP contribution in [0.3, 0.4) is 0 Å². The predicted molar refractivity (Wildman–Crippen MR) is 99.1 cm³/mol. The first kappa shape index (κ1) is 18.4. The molecule has 0 spiro atoms. The van der Waals surface area contributed by atoms with Crippen molar-refractivity contribution in [3.05, 3.63) is 47.0 Å². The van der Waals surface area contributed by atoms with E-state index in [2.05, 4.69) is 4.99 Å². The molecule has 1 saturated heterocycles. The first-order valence-corrected chi connectivity index (χ1v) is 9.10. The van der Waals surface area contributed by atoms with Gasteiger partial charge >= 0.3 is 6.03 Å². The standard InChI is InChI=1S/C19H22FN5O3/c1-11-12(2)25-15-16(21-18(25)23(11)8-9-26)22(3)19(28)24(17(15)27)10-13-4-6-14(20)7-5-13/h4-7,15-16,26H,8-10H2,1-3H3. The van der Waals surface area contributed by atoms with Gasteiger partial charge in [-0.25, -0.2) is 14.2 Å². The number of β-amino-alcohol motifs (C(OH)–C–C–N with tert-alkyl or cyclic N) is 1. The number of aliphatic imine (C=N–C) groups is 1. The lowest BCUT2D eigenvalue weighted by Gasteiger charge is -2.40. The molecule has 28 heavy (non-hydrogen) atoms. The van der Waals surface area contributed by atoms with Crippen molar-refractivity contribution in [1.29, 1.82) is 0 Å². The highest BCUT2D eigenvalue weighted by Gasteiger charge is 2.55. The molecule has 0 aliphatic carbocycles. The zero-order valence-electron chi connectivity index (χ0n) is 16.0. The lowest BCUT2D eigenvalue weighted by molar-refractivity contribution is -0.137. The molecule has 3 aliphatic heterocycles. The number of amides is 3. The molecule has 9 heteroatoms. The molecule has 3 heterocycles. The van der Waals surface area contributed by atoms with Gasteiger partial charge in [0.05, 0.1) is 13.2 Å². The Morgan fingerprint density at radius 3 is 2.43 bits per heavy atom. The SMILES string of the molecule is CC1=C(C)N2C(=NC3C2C(=O)N(Cc2ccc(F)cc2)C(=O)N3C)N1CCO. The lowest BCUT2D eigenvalue weighted by Crippen LogP contribution is -2.64. The number of carbonyl (C=O) groups is 2. The van der Waals surface area contributed by atoms with Gasteiger partial charge in [0.2, 0.25) is 5.96 Å². The van der Waals surface area contributed by atoms with Crippen molar-refractivity contribution in [2.45, 2.75) is 32.6 Å². The minimum Gasteiger partial charge on any atom is -0.395 e. The summed E-state index contributed by atoms with van der Waals surface area (Å²) >= 11 is 0. The highest BCUT2D eigenvalue weighted by molar-refractivity contribution is 6.05. The van der Waals surface area contributed by atoms with Gasteiger partial charge in [0.1, 0.15) is 5.82 Å². The summed E-state index contributed by atoms with van der Waals surface area (Å²) < 4.78 is 13.2. The van der Waals surface area contributed by atoms with Crippen LogP contribution < -0.4 is 0 Å². The van der Waals surface area contributed by atoms with Crippen molar-refractivity contribution in [2.24, 2.45) is 4.99 Å². The Labute approximate surface area is 162 Å². The summed E-state index contributed by atoms with van der Waals surface area (Å²) in [6, 6.07) is 4.64. The summed E-state index contributed by atoms with van der Waals surface area (Å²) in [4.78, 5) is 37.1. The highest BCUT2D eigenvalue weighted by Crippen LogP contribution is 2.37. The number of allylic oxidation sites excluding steroid dienone is 2. The first-order valence-electron chi connectivity index (χ1n) is 9.10. The van der Waals surface area contributed by atoms with Gasteiger partial charge in [0.25, 0.3) is 5.91 Å². The van der Waals surface area contributed by atoms with Crippen LogP contribution in [0.4, 0.5) is 9.18 Å². The Kier molecular flexibility index (Phi) is 4.34. The number of hydrogen-bond acceptors (Lipinski definition) is 6. The molecule has 1 N–H and O–H groups in total. The fraction of sp³-hybridized carbons (Fsp3) is 0.421. The summed E-state index contributed by atoms with van der Waals surface area (Å²) in [5.41, 5.74) is 2.46. The van der Waals surface area contributed by atoms with Crippen LogP contribution in [0.2, 0.25) is 0 Å². The molecule has 4 rings (SSSR count). The van der Waals surface area contributed by atoms with E-state index in [4.69, 9.17) is 0 Å². The molecule has 2 unspecified atom stereocenters. The number of nitrogens with zero attached hydrogens (tertiary/aromatic N) is 5. The smallest absolute Gasteiger partial charge is 0.328 e. The lowest BCUT2D eigenvalue weighted by atomic mass is 10.1. The van der Waals surface area contributed by atoms with Crippen LogP contribution in [0.1, 0.15) is 19.4 Å². The molecule has 1 fully saturated rings. The number of aliphatic hydroxyl groups excluding tert-OH is 1. The molecule has 148 valence electrons. The maximum atomic E-state index is 13.3. The molecule has 3 aliphatic rings. The minimum absolute atomic E-state index is 0.0494. The summed E-state index contributed by atoms with van der Waals surface area (Å²) in [7, 11) is 1.62. The number of likely N-dealkylation sites (N-methyl/N-ethyl adjacent to an activating group) is 1. The van der Waals surface area contributed by atoms with Gasteiger partial charge < -0.3 is 14.9 Å². The van der Waals surface area contributed by atoms with Crippen molar-refractivity contribution >= 4 is 17.9 Å². The van der Waals surface area contributed by atoms with E-state index < -0.39 is 18.2 Å². The Morgan fingerprint density at radius 1 is 1.11 bits per heavy atom. The average molecular weight is 387 g/mol. The van der Waals surface area contributed by atoms with Crippen LogP contribution >= 0.6 is 0 Å². The molecule has 2 atom stereocenters. The van der Waals surface area contributed by atoms with Gasteiger partial charge in [-0.3, -0.25) is 14.6 Å². The van der Waals surface area contributed by atoms with Crippen LogP contribution in [0.15, 0.2) is 40.7 Å². The summed E-state index contributed by atoms with van der Waals surface area (Å²) in [6.45, 7) is 4.20. The molecule has 1 aromatic carbocycles. The number of imide groups is 1. The fourth-order valence-corrected chi connectivity index (χ4v) is 3.97. The number of guanidine groups is 1. The van der Waals surface area contributed by atoms with Crippen LogP contribution in [0.5, 0.6) is 0 Å². The summed E-state index contributed by atoms with van der Waals surface area (Å²) in [5.74, 6) is -0.131. The number of benzene rings is 1. The van der Waals surface area contributed by atoms with E-state index in [1.165, 1.54) is 21.9 Å². The third kappa shape index (κ3) is 2.57. The average Bonchev–Trinajstić information content (AvgIpc) is 3.17. The van der Waals surface area contributed by atoms with Gasteiger partial charge in [-0.1, -0.05) is 12.1 Å². The van der Waals surface area contributed by atoms with Gasteiger partial charge in [0, 0.05) is 25.0 Å². The Balaban J connectivity index is 1.66. The van der Waals surface area contributed by atoms with E-state index in [1.807, 2.05) is 23.6 Å². The van der Waals surface area contributed by atoms with Crippen LogP contribution in [-0.2, 0) is 11.3 Å². The number of fused-ring (bicyclic) bond motifs is 3. The second kappa shape index (κ2) is 6.59. The van der Waals surface area contributed by atoms with Gasteiger partial charge in [-0.05, 0) is 31.5 Å². The van der Waals surface area contributed by atoms with E-state index >= 15 is 0 Å². The van der Waals surface area contributed by atoms with Crippen molar-refractivity contribution in [2.75, 3.05) is 20.2 Å². The molecule has 0 saturated carbocycles. The largest absolute Gasteiger partial charge is 0.395 e. The topological polar surface area (TPSA) is 79.7 Å². The number of aliphatic hydroxyl groups is 1. The number of carbonyl (C=O) groups excluding carboxylic acids is 2. The Hall–Kier alpha value is -2.94. The molecule has 1 aromatic rings. The van der Waals surface area contributed by atoms with Crippen molar-refractivity contribution in [3.63, 3.8) is 0 Å². The van der Waals surface area contributed by atoms with E-state index in [-0.39, 0.29) is 24.9 Å². The van der Waals surface area contributed by atoms with Crippen LogP contribution in [0, 0.1) is 5.82 Å². The number of urea groups is 1. The molecular formula is C19H22FN5O3. The van der Waals surface area contributed by atoms with Gasteiger partial charge in [-0.15, -0.1) is 0 Å². The van der Waals surface area contributed by atoms with E-state index in [0.29, 0.717) is 18.1 Å². The monoisotopic (exact) mass is 387 g/mol. The van der Waals surface area contributed by atoms with E-state index in [9.17, 15) is 19.1 Å². The quantitative estimate of drug-likeness (QED) is 0.838. The molecule has 0 radical (unpaired) electrons. The minimum atomic E-state index is -0.656. The predicted octanol–water partition coefficient (Wildman–Crippen LogP) is 1.15. The molecule has 3 amide bonds. The number of halogens is 1. The maximum Gasteiger partial charge on any atom is 0.328 e. The molecule has 0 aromatic heterocycles. The number of hydrogen-bond donors (Lipinski definition) is 1. The summed E-state index contributed by atoms with van der Waals surface area (Å²) in [5, 5.41) is 9.38. The van der Waals surface area contributed by atoms with Crippen molar-refractivity contribution < 1.29 is 19.1 Å². The second-order valence-electron chi connectivity index (χ2n) is 7.15. The third-order valence-electron chi connectivity index (χ3n) is 5.58.